The maximum atomic E-state index is 11.8. The largest absolute Gasteiger partial charge is 0.457 e. The molecule has 0 unspecified atom stereocenters. The van der Waals surface area contributed by atoms with Gasteiger partial charge in [0.15, 0.2) is 4.67 Å². The molecule has 2 heterocycles. The zero-order valence-electron chi connectivity index (χ0n) is 7.91. The second kappa shape index (κ2) is 4.80. The topological polar surface area (TPSA) is 55.1 Å². The van der Waals surface area contributed by atoms with E-state index in [2.05, 4.69) is 42.2 Å². The number of anilines is 1. The van der Waals surface area contributed by atoms with Crippen LogP contribution in [-0.4, -0.2) is 10.9 Å². The van der Waals surface area contributed by atoms with E-state index in [4.69, 9.17) is 4.42 Å². The van der Waals surface area contributed by atoms with Crippen LogP contribution in [0, 0.1) is 0 Å². The first-order valence-electron chi connectivity index (χ1n) is 4.33. The van der Waals surface area contributed by atoms with Crippen molar-refractivity contribution in [3.63, 3.8) is 0 Å². The molecule has 16 heavy (non-hydrogen) atoms. The van der Waals surface area contributed by atoms with Gasteiger partial charge in [-0.15, -0.1) is 0 Å². The SMILES string of the molecule is O=C(Nc1cccnc1Br)c1ccoc1Br. The van der Waals surface area contributed by atoms with E-state index in [9.17, 15) is 4.79 Å². The zero-order valence-corrected chi connectivity index (χ0v) is 11.1. The molecule has 0 aliphatic rings. The van der Waals surface area contributed by atoms with Crippen molar-refractivity contribution in [3.8, 4) is 0 Å². The minimum Gasteiger partial charge on any atom is -0.457 e. The number of carbonyl (C=O) groups is 1. The van der Waals surface area contributed by atoms with Crippen molar-refractivity contribution in [2.45, 2.75) is 0 Å². The number of halogens is 2. The van der Waals surface area contributed by atoms with Crippen LogP contribution in [0.5, 0.6) is 0 Å². The molecule has 0 saturated heterocycles. The number of pyridine rings is 1. The first kappa shape index (κ1) is 11.3. The smallest absolute Gasteiger partial charge is 0.260 e. The maximum absolute atomic E-state index is 11.8. The second-order valence-corrected chi connectivity index (χ2v) is 4.38. The third-order valence-electron chi connectivity index (χ3n) is 1.87. The molecule has 1 amide bonds. The van der Waals surface area contributed by atoms with E-state index in [-0.39, 0.29) is 5.91 Å². The lowest BCUT2D eigenvalue weighted by molar-refractivity contribution is 0.102. The zero-order chi connectivity index (χ0) is 11.5. The van der Waals surface area contributed by atoms with Gasteiger partial charge < -0.3 is 9.73 Å². The Kier molecular flexibility index (Phi) is 3.40. The summed E-state index contributed by atoms with van der Waals surface area (Å²) >= 11 is 6.39. The molecule has 0 spiro atoms. The molecule has 0 aliphatic carbocycles. The van der Waals surface area contributed by atoms with Crippen LogP contribution in [0.2, 0.25) is 0 Å². The van der Waals surface area contributed by atoms with E-state index in [0.29, 0.717) is 20.5 Å². The Labute approximate surface area is 108 Å². The van der Waals surface area contributed by atoms with Gasteiger partial charge in [-0.1, -0.05) is 0 Å². The molecule has 0 saturated carbocycles. The molecule has 0 aliphatic heterocycles. The predicted octanol–water partition coefficient (Wildman–Crippen LogP) is 3.45. The standard InChI is InChI=1S/C10H6Br2N2O2/c11-8-7(2-1-4-13-8)14-10(15)6-3-5-16-9(6)12/h1-5H,(H,14,15). The van der Waals surface area contributed by atoms with Gasteiger partial charge in [-0.2, -0.15) is 0 Å². The van der Waals surface area contributed by atoms with Gasteiger partial charge in [0, 0.05) is 6.20 Å². The lowest BCUT2D eigenvalue weighted by Crippen LogP contribution is -2.12. The third-order valence-corrected chi connectivity index (χ3v) is 3.12. The van der Waals surface area contributed by atoms with Crippen LogP contribution in [0.3, 0.4) is 0 Å². The summed E-state index contributed by atoms with van der Waals surface area (Å²) < 4.78 is 5.98. The van der Waals surface area contributed by atoms with E-state index < -0.39 is 0 Å². The number of aromatic nitrogens is 1. The van der Waals surface area contributed by atoms with Gasteiger partial charge in [0.25, 0.3) is 5.91 Å². The van der Waals surface area contributed by atoms with Crippen LogP contribution < -0.4 is 5.32 Å². The maximum Gasteiger partial charge on any atom is 0.260 e. The summed E-state index contributed by atoms with van der Waals surface area (Å²) in [6.45, 7) is 0. The minimum atomic E-state index is -0.255. The van der Waals surface area contributed by atoms with Crippen LogP contribution in [0.1, 0.15) is 10.4 Å². The molecule has 2 aromatic heterocycles. The van der Waals surface area contributed by atoms with E-state index in [0.717, 1.165) is 0 Å². The monoisotopic (exact) mass is 344 g/mol. The van der Waals surface area contributed by atoms with Crippen LogP contribution in [0.15, 0.2) is 44.3 Å². The molecular weight excluding hydrogens is 340 g/mol. The number of nitrogens with one attached hydrogen (secondary N) is 1. The Balaban J connectivity index is 2.21. The summed E-state index contributed by atoms with van der Waals surface area (Å²) in [6.07, 6.45) is 3.07. The fourth-order valence-corrected chi connectivity index (χ4v) is 1.89. The molecule has 0 aromatic carbocycles. The number of hydrogen-bond acceptors (Lipinski definition) is 3. The number of furan rings is 1. The normalized spacial score (nSPS) is 10.1. The highest BCUT2D eigenvalue weighted by atomic mass is 79.9. The molecule has 0 fully saturated rings. The quantitative estimate of drug-likeness (QED) is 0.848. The van der Waals surface area contributed by atoms with E-state index in [1.165, 1.54) is 6.26 Å². The Hall–Kier alpha value is -1.14. The fraction of sp³-hybridized carbons (Fsp3) is 0. The highest BCUT2D eigenvalue weighted by molar-refractivity contribution is 9.10. The number of rotatable bonds is 2. The van der Waals surface area contributed by atoms with Crippen LogP contribution >= 0.6 is 31.9 Å². The van der Waals surface area contributed by atoms with E-state index in [1.54, 1.807) is 24.4 Å². The first-order valence-corrected chi connectivity index (χ1v) is 5.92. The van der Waals surface area contributed by atoms with Gasteiger partial charge in [0.05, 0.1) is 17.5 Å². The number of amides is 1. The Morgan fingerprint density at radius 3 is 2.81 bits per heavy atom. The molecule has 0 bridgehead atoms. The molecule has 2 aromatic rings. The predicted molar refractivity (Wildman–Crippen MR) is 66.3 cm³/mol. The molecular formula is C10H6Br2N2O2. The average molecular weight is 346 g/mol. The van der Waals surface area contributed by atoms with Crippen molar-refractivity contribution in [3.05, 3.63) is 45.5 Å². The highest BCUT2D eigenvalue weighted by Gasteiger charge is 2.13. The van der Waals surface area contributed by atoms with Crippen LogP contribution in [-0.2, 0) is 0 Å². The van der Waals surface area contributed by atoms with Crippen LogP contribution in [0.25, 0.3) is 0 Å². The third kappa shape index (κ3) is 2.33. The van der Waals surface area contributed by atoms with Crippen molar-refractivity contribution in [2.75, 3.05) is 5.32 Å². The number of carbonyl (C=O) groups excluding carboxylic acids is 1. The van der Waals surface area contributed by atoms with Gasteiger partial charge in [-0.05, 0) is 50.1 Å². The van der Waals surface area contributed by atoms with Gasteiger partial charge >= 0.3 is 0 Å². The van der Waals surface area contributed by atoms with Crippen molar-refractivity contribution < 1.29 is 9.21 Å². The fourth-order valence-electron chi connectivity index (χ4n) is 1.12. The van der Waals surface area contributed by atoms with E-state index in [1.807, 2.05) is 0 Å². The van der Waals surface area contributed by atoms with Gasteiger partial charge in [-0.3, -0.25) is 4.79 Å². The molecule has 0 radical (unpaired) electrons. The Morgan fingerprint density at radius 2 is 2.19 bits per heavy atom. The molecule has 0 atom stereocenters. The van der Waals surface area contributed by atoms with Gasteiger partial charge in [0.1, 0.15) is 4.60 Å². The average Bonchev–Trinajstić information content (AvgIpc) is 2.68. The summed E-state index contributed by atoms with van der Waals surface area (Å²) in [5, 5.41) is 2.72. The first-order chi connectivity index (χ1) is 7.68. The number of hydrogen-bond donors (Lipinski definition) is 1. The van der Waals surface area contributed by atoms with Gasteiger partial charge in [-0.25, -0.2) is 4.98 Å². The molecule has 1 N–H and O–H groups in total. The van der Waals surface area contributed by atoms with Crippen molar-refractivity contribution >= 4 is 43.5 Å². The van der Waals surface area contributed by atoms with E-state index >= 15 is 0 Å². The summed E-state index contributed by atoms with van der Waals surface area (Å²) in [5.74, 6) is -0.255. The molecule has 2 rings (SSSR count). The molecule has 6 heteroatoms. The van der Waals surface area contributed by atoms with Gasteiger partial charge in [0.2, 0.25) is 0 Å². The van der Waals surface area contributed by atoms with Crippen molar-refractivity contribution in [2.24, 2.45) is 0 Å². The van der Waals surface area contributed by atoms with Crippen molar-refractivity contribution in [1.29, 1.82) is 0 Å². The summed E-state index contributed by atoms with van der Waals surface area (Å²) in [7, 11) is 0. The lowest BCUT2D eigenvalue weighted by Gasteiger charge is -2.04. The van der Waals surface area contributed by atoms with Crippen molar-refractivity contribution in [1.82, 2.24) is 4.98 Å². The summed E-state index contributed by atoms with van der Waals surface area (Å²) in [4.78, 5) is 15.8. The number of nitrogens with zero attached hydrogens (tertiary/aromatic N) is 1. The highest BCUT2D eigenvalue weighted by Crippen LogP contribution is 2.22. The second-order valence-electron chi connectivity index (χ2n) is 2.90. The molecule has 4 nitrogen and oxygen atoms in total. The Morgan fingerprint density at radius 1 is 1.38 bits per heavy atom. The Bertz CT molecular complexity index is 525. The lowest BCUT2D eigenvalue weighted by atomic mass is 10.3. The summed E-state index contributed by atoms with van der Waals surface area (Å²) in [5.41, 5.74) is 1.05. The summed E-state index contributed by atoms with van der Waals surface area (Å²) in [6, 6.07) is 5.08. The molecule has 82 valence electrons. The minimum absolute atomic E-state index is 0.255. The van der Waals surface area contributed by atoms with Crippen LogP contribution in [0.4, 0.5) is 5.69 Å².